The van der Waals surface area contributed by atoms with Crippen molar-refractivity contribution in [2.24, 2.45) is 0 Å². The van der Waals surface area contributed by atoms with Crippen LogP contribution in [0.25, 0.3) is 21.8 Å². The Balaban J connectivity index is 1.59. The zero-order chi connectivity index (χ0) is 20.2. The molecule has 1 N–H and O–H groups in total. The minimum atomic E-state index is 0.333. The predicted octanol–water partition coefficient (Wildman–Crippen LogP) is 5.60. The second kappa shape index (κ2) is 8.81. The van der Waals surface area contributed by atoms with Gasteiger partial charge in [-0.1, -0.05) is 54.6 Å². The van der Waals surface area contributed by atoms with Crippen molar-refractivity contribution in [1.82, 2.24) is 14.8 Å². The smallest absolute Gasteiger partial charge is 0.0491 e. The van der Waals surface area contributed by atoms with Crippen LogP contribution in [0.4, 0.5) is 0 Å². The number of hydrogen-bond donors (Lipinski definition) is 1. The van der Waals surface area contributed by atoms with Crippen molar-refractivity contribution < 1.29 is 0 Å². The van der Waals surface area contributed by atoms with E-state index in [0.717, 1.165) is 26.1 Å². The SMILES string of the molecule is CC(NCc1ccc2c(c1)c1ccccc1n2CCCN(C)C)c1ccccc1. The highest BCUT2D eigenvalue weighted by atomic mass is 15.1. The lowest BCUT2D eigenvalue weighted by atomic mass is 10.1. The van der Waals surface area contributed by atoms with Gasteiger partial charge in [0.25, 0.3) is 0 Å². The minimum absolute atomic E-state index is 0.333. The first-order chi connectivity index (χ1) is 14.1. The lowest BCUT2D eigenvalue weighted by Gasteiger charge is -2.14. The Labute approximate surface area is 174 Å². The number of fused-ring (bicyclic) bond motifs is 3. The number of benzene rings is 3. The Hall–Kier alpha value is -2.62. The summed E-state index contributed by atoms with van der Waals surface area (Å²) in [6.07, 6.45) is 1.15. The number of nitrogens with zero attached hydrogens (tertiary/aromatic N) is 2. The van der Waals surface area contributed by atoms with Crippen LogP contribution >= 0.6 is 0 Å². The van der Waals surface area contributed by atoms with Crippen molar-refractivity contribution in [1.29, 1.82) is 0 Å². The first kappa shape index (κ1) is 19.7. The lowest BCUT2D eigenvalue weighted by Crippen LogP contribution is -2.17. The fraction of sp³-hybridized carbons (Fsp3) is 0.308. The van der Waals surface area contributed by atoms with Crippen molar-refractivity contribution in [2.75, 3.05) is 20.6 Å². The Morgan fingerprint density at radius 2 is 1.59 bits per heavy atom. The third kappa shape index (κ3) is 4.36. The lowest BCUT2D eigenvalue weighted by molar-refractivity contribution is 0.389. The molecule has 29 heavy (non-hydrogen) atoms. The van der Waals surface area contributed by atoms with Crippen LogP contribution in [0, 0.1) is 0 Å². The minimum Gasteiger partial charge on any atom is -0.340 e. The maximum absolute atomic E-state index is 3.67. The Kier molecular flexibility index (Phi) is 5.98. The summed E-state index contributed by atoms with van der Waals surface area (Å²) in [5.41, 5.74) is 5.33. The van der Waals surface area contributed by atoms with Crippen LogP contribution in [0.2, 0.25) is 0 Å². The van der Waals surface area contributed by atoms with Gasteiger partial charge in [-0.15, -0.1) is 0 Å². The molecular formula is C26H31N3. The highest BCUT2D eigenvalue weighted by Crippen LogP contribution is 2.30. The number of aryl methyl sites for hydroxylation is 1. The Morgan fingerprint density at radius 1 is 0.862 bits per heavy atom. The second-order valence-corrected chi connectivity index (χ2v) is 8.19. The molecule has 0 spiro atoms. The molecule has 0 amide bonds. The Bertz CT molecular complexity index is 1080. The highest BCUT2D eigenvalue weighted by Gasteiger charge is 2.11. The number of para-hydroxylation sites is 1. The average Bonchev–Trinajstić information content (AvgIpc) is 3.06. The summed E-state index contributed by atoms with van der Waals surface area (Å²) >= 11 is 0. The van der Waals surface area contributed by atoms with E-state index in [0.29, 0.717) is 6.04 Å². The molecule has 0 radical (unpaired) electrons. The summed E-state index contributed by atoms with van der Waals surface area (Å²) in [6.45, 7) is 5.24. The van der Waals surface area contributed by atoms with Crippen molar-refractivity contribution in [3.8, 4) is 0 Å². The van der Waals surface area contributed by atoms with Crippen LogP contribution in [0.1, 0.15) is 30.5 Å². The average molecular weight is 386 g/mol. The molecule has 0 saturated heterocycles. The molecule has 1 aromatic heterocycles. The quantitative estimate of drug-likeness (QED) is 0.426. The third-order valence-electron chi connectivity index (χ3n) is 5.74. The monoisotopic (exact) mass is 385 g/mol. The van der Waals surface area contributed by atoms with Gasteiger partial charge in [0.1, 0.15) is 0 Å². The zero-order valence-corrected chi connectivity index (χ0v) is 17.7. The summed E-state index contributed by atoms with van der Waals surface area (Å²) < 4.78 is 2.48. The van der Waals surface area contributed by atoms with E-state index in [1.807, 2.05) is 0 Å². The molecule has 1 heterocycles. The summed E-state index contributed by atoms with van der Waals surface area (Å²) in [5, 5.41) is 6.38. The molecule has 0 aliphatic carbocycles. The van der Waals surface area contributed by atoms with Crippen LogP contribution in [0.5, 0.6) is 0 Å². The first-order valence-electron chi connectivity index (χ1n) is 10.6. The molecule has 0 bridgehead atoms. The van der Waals surface area contributed by atoms with Gasteiger partial charge in [-0.25, -0.2) is 0 Å². The standard InChI is InChI=1S/C26H31N3/c1-20(22-10-5-4-6-11-22)27-19-21-14-15-26-24(18-21)23-12-7-8-13-25(23)29(26)17-9-16-28(2)3/h4-8,10-15,18,20,27H,9,16-17,19H2,1-3H3. The largest absolute Gasteiger partial charge is 0.340 e. The van der Waals surface area contributed by atoms with Crippen molar-refractivity contribution in [3.63, 3.8) is 0 Å². The molecule has 0 saturated carbocycles. The summed E-state index contributed by atoms with van der Waals surface area (Å²) in [4.78, 5) is 2.26. The molecule has 0 aliphatic heterocycles. The third-order valence-corrected chi connectivity index (χ3v) is 5.74. The number of aromatic nitrogens is 1. The summed E-state index contributed by atoms with van der Waals surface area (Å²) in [7, 11) is 4.28. The van der Waals surface area contributed by atoms with Crippen LogP contribution in [-0.4, -0.2) is 30.1 Å². The fourth-order valence-corrected chi connectivity index (χ4v) is 4.13. The molecule has 4 aromatic rings. The van der Waals surface area contributed by atoms with E-state index in [1.54, 1.807) is 0 Å². The van der Waals surface area contributed by atoms with Gasteiger partial charge >= 0.3 is 0 Å². The summed E-state index contributed by atoms with van der Waals surface area (Å²) in [6, 6.07) is 26.7. The molecule has 4 rings (SSSR count). The number of rotatable bonds is 8. The van der Waals surface area contributed by atoms with Gasteiger partial charge < -0.3 is 14.8 Å². The van der Waals surface area contributed by atoms with Crippen molar-refractivity contribution >= 4 is 21.8 Å². The zero-order valence-electron chi connectivity index (χ0n) is 17.7. The van der Waals surface area contributed by atoms with Gasteiger partial charge in [-0.2, -0.15) is 0 Å². The molecular weight excluding hydrogens is 354 g/mol. The van der Waals surface area contributed by atoms with Gasteiger partial charge in [-0.05, 0) is 63.3 Å². The second-order valence-electron chi connectivity index (χ2n) is 8.19. The van der Waals surface area contributed by atoms with Gasteiger partial charge in [0.05, 0.1) is 0 Å². The van der Waals surface area contributed by atoms with Crippen molar-refractivity contribution in [2.45, 2.75) is 32.5 Å². The van der Waals surface area contributed by atoms with Gasteiger partial charge in [0, 0.05) is 40.9 Å². The molecule has 3 nitrogen and oxygen atoms in total. The highest BCUT2D eigenvalue weighted by molar-refractivity contribution is 6.08. The normalized spacial score (nSPS) is 12.8. The van der Waals surface area contributed by atoms with E-state index < -0.39 is 0 Å². The number of nitrogens with one attached hydrogen (secondary N) is 1. The molecule has 3 heteroatoms. The number of hydrogen-bond acceptors (Lipinski definition) is 2. The molecule has 1 atom stereocenters. The van der Waals surface area contributed by atoms with E-state index in [1.165, 1.54) is 32.9 Å². The van der Waals surface area contributed by atoms with Gasteiger partial charge in [0.2, 0.25) is 0 Å². The topological polar surface area (TPSA) is 20.2 Å². The predicted molar refractivity (Wildman–Crippen MR) is 124 cm³/mol. The van der Waals surface area contributed by atoms with Gasteiger partial charge in [-0.3, -0.25) is 0 Å². The van der Waals surface area contributed by atoms with E-state index in [2.05, 4.69) is 109 Å². The maximum atomic E-state index is 3.67. The fourth-order valence-electron chi connectivity index (χ4n) is 4.13. The van der Waals surface area contributed by atoms with E-state index >= 15 is 0 Å². The van der Waals surface area contributed by atoms with E-state index in [9.17, 15) is 0 Å². The van der Waals surface area contributed by atoms with Crippen LogP contribution in [-0.2, 0) is 13.1 Å². The maximum Gasteiger partial charge on any atom is 0.0491 e. The van der Waals surface area contributed by atoms with Gasteiger partial charge in [0.15, 0.2) is 0 Å². The molecule has 3 aromatic carbocycles. The molecule has 1 unspecified atom stereocenters. The van der Waals surface area contributed by atoms with E-state index in [4.69, 9.17) is 0 Å². The van der Waals surface area contributed by atoms with Crippen molar-refractivity contribution in [3.05, 3.63) is 83.9 Å². The Morgan fingerprint density at radius 3 is 2.38 bits per heavy atom. The van der Waals surface area contributed by atoms with Crippen LogP contribution in [0.3, 0.4) is 0 Å². The summed E-state index contributed by atoms with van der Waals surface area (Å²) in [5.74, 6) is 0. The van der Waals surface area contributed by atoms with E-state index in [-0.39, 0.29) is 0 Å². The molecule has 0 aliphatic rings. The molecule has 0 fully saturated rings. The first-order valence-corrected chi connectivity index (χ1v) is 10.6. The van der Waals surface area contributed by atoms with Crippen LogP contribution < -0.4 is 5.32 Å². The molecule has 150 valence electrons. The van der Waals surface area contributed by atoms with Crippen LogP contribution in [0.15, 0.2) is 72.8 Å².